The van der Waals surface area contributed by atoms with Crippen LogP contribution in [0.25, 0.3) is 11.4 Å². The van der Waals surface area contributed by atoms with E-state index < -0.39 is 0 Å². The first-order chi connectivity index (χ1) is 11.7. The summed E-state index contributed by atoms with van der Waals surface area (Å²) in [5, 5.41) is 5.67. The SMILES string of the molecule is S=c1n(C[NH+]2CCCC2)nc(-c2ccccc2Cl)n1C1CCCC1. The molecule has 128 valence electrons. The average molecular weight is 364 g/mol. The molecule has 1 aliphatic heterocycles. The van der Waals surface area contributed by atoms with Crippen molar-refractivity contribution in [3.63, 3.8) is 0 Å². The van der Waals surface area contributed by atoms with Crippen LogP contribution in [-0.4, -0.2) is 27.4 Å². The number of hydrogen-bond acceptors (Lipinski definition) is 2. The molecule has 1 aromatic heterocycles. The molecule has 6 heteroatoms. The Morgan fingerprint density at radius 3 is 2.54 bits per heavy atom. The topological polar surface area (TPSA) is 27.2 Å². The van der Waals surface area contributed by atoms with Crippen LogP contribution in [0, 0.1) is 4.77 Å². The highest BCUT2D eigenvalue weighted by Gasteiger charge is 2.26. The van der Waals surface area contributed by atoms with E-state index in [4.69, 9.17) is 28.9 Å². The van der Waals surface area contributed by atoms with Gasteiger partial charge < -0.3 is 4.90 Å². The fourth-order valence-electron chi connectivity index (χ4n) is 4.09. The number of benzene rings is 1. The lowest BCUT2D eigenvalue weighted by atomic mass is 10.2. The Morgan fingerprint density at radius 1 is 1.12 bits per heavy atom. The molecule has 1 saturated carbocycles. The van der Waals surface area contributed by atoms with Crippen LogP contribution in [0.3, 0.4) is 0 Å². The summed E-state index contributed by atoms with van der Waals surface area (Å²) in [5.74, 6) is 0.941. The molecule has 4 rings (SSSR count). The number of halogens is 1. The number of likely N-dealkylation sites (tertiary alicyclic amines) is 1. The molecule has 0 amide bonds. The smallest absolute Gasteiger partial charge is 0.203 e. The van der Waals surface area contributed by atoms with Crippen LogP contribution in [-0.2, 0) is 6.67 Å². The highest BCUT2D eigenvalue weighted by atomic mass is 35.5. The molecule has 1 saturated heterocycles. The monoisotopic (exact) mass is 363 g/mol. The van der Waals surface area contributed by atoms with Gasteiger partial charge in [0.2, 0.25) is 4.77 Å². The van der Waals surface area contributed by atoms with E-state index in [-0.39, 0.29) is 0 Å². The van der Waals surface area contributed by atoms with E-state index in [2.05, 4.69) is 10.6 Å². The molecule has 2 fully saturated rings. The Hall–Kier alpha value is -1.17. The quantitative estimate of drug-likeness (QED) is 0.842. The van der Waals surface area contributed by atoms with Crippen LogP contribution >= 0.6 is 23.8 Å². The molecule has 24 heavy (non-hydrogen) atoms. The van der Waals surface area contributed by atoms with Gasteiger partial charge in [-0.2, -0.15) is 4.68 Å². The minimum absolute atomic E-state index is 0.464. The molecule has 0 bridgehead atoms. The summed E-state index contributed by atoms with van der Waals surface area (Å²) in [4.78, 5) is 1.58. The van der Waals surface area contributed by atoms with Gasteiger partial charge in [-0.25, -0.2) is 0 Å². The van der Waals surface area contributed by atoms with Gasteiger partial charge in [0.1, 0.15) is 0 Å². The lowest BCUT2D eigenvalue weighted by Crippen LogP contribution is -3.09. The third-order valence-corrected chi connectivity index (χ3v) is 6.10. The number of aromatic nitrogens is 3. The Morgan fingerprint density at radius 2 is 1.83 bits per heavy atom. The molecule has 0 atom stereocenters. The van der Waals surface area contributed by atoms with Crippen LogP contribution in [0.15, 0.2) is 24.3 Å². The normalized spacial score (nSPS) is 19.4. The van der Waals surface area contributed by atoms with Gasteiger partial charge >= 0.3 is 0 Å². The van der Waals surface area contributed by atoms with Gasteiger partial charge in [0.05, 0.1) is 18.1 Å². The Balaban J connectivity index is 1.78. The largest absolute Gasteiger partial charge is 0.316 e. The van der Waals surface area contributed by atoms with Crippen molar-refractivity contribution in [2.75, 3.05) is 13.1 Å². The van der Waals surface area contributed by atoms with E-state index in [9.17, 15) is 0 Å². The molecular formula is C18H24ClN4S+. The van der Waals surface area contributed by atoms with Gasteiger partial charge in [0.25, 0.3) is 0 Å². The summed E-state index contributed by atoms with van der Waals surface area (Å²) in [6.45, 7) is 3.31. The second kappa shape index (κ2) is 6.98. The van der Waals surface area contributed by atoms with E-state index in [0.717, 1.165) is 27.9 Å². The van der Waals surface area contributed by atoms with Crippen molar-refractivity contribution in [2.45, 2.75) is 51.2 Å². The Labute approximate surface area is 153 Å². The van der Waals surface area contributed by atoms with Gasteiger partial charge in [0, 0.05) is 24.4 Å². The molecule has 1 aliphatic carbocycles. The van der Waals surface area contributed by atoms with Crippen LogP contribution in [0.4, 0.5) is 0 Å². The van der Waals surface area contributed by atoms with Gasteiger partial charge in [-0.3, -0.25) is 4.57 Å². The van der Waals surface area contributed by atoms with Crippen LogP contribution in [0.5, 0.6) is 0 Å². The fourth-order valence-corrected chi connectivity index (χ4v) is 4.65. The zero-order valence-corrected chi connectivity index (χ0v) is 15.5. The molecule has 1 aromatic carbocycles. The molecular weight excluding hydrogens is 340 g/mol. The van der Waals surface area contributed by atoms with Crippen LogP contribution < -0.4 is 4.90 Å². The number of quaternary nitrogens is 1. The summed E-state index contributed by atoms with van der Waals surface area (Å²) in [6, 6.07) is 8.44. The molecule has 2 aromatic rings. The Kier molecular flexibility index (Phi) is 4.74. The summed E-state index contributed by atoms with van der Waals surface area (Å²) >= 11 is 12.3. The van der Waals surface area contributed by atoms with E-state index in [1.165, 1.54) is 51.6 Å². The zero-order valence-electron chi connectivity index (χ0n) is 13.9. The molecule has 0 unspecified atom stereocenters. The molecule has 0 radical (unpaired) electrons. The first kappa shape index (κ1) is 16.3. The standard InChI is InChI=1S/C18H23ClN4S/c19-16-10-4-3-9-15(16)17-20-22(13-21-11-5-6-12-21)18(24)23(17)14-7-1-2-8-14/h3-4,9-10,14H,1-2,5-8,11-13H2/p+1. The highest BCUT2D eigenvalue weighted by Crippen LogP contribution is 2.35. The molecule has 4 nitrogen and oxygen atoms in total. The minimum Gasteiger partial charge on any atom is -0.316 e. The fraction of sp³-hybridized carbons (Fsp3) is 0.556. The second-order valence-corrected chi connectivity index (χ2v) is 7.78. The Bertz CT molecular complexity index is 770. The third-order valence-electron chi connectivity index (χ3n) is 5.36. The number of nitrogens with one attached hydrogen (secondary N) is 1. The van der Waals surface area contributed by atoms with Crippen molar-refractivity contribution >= 4 is 23.8 Å². The lowest BCUT2D eigenvalue weighted by Gasteiger charge is -2.14. The maximum absolute atomic E-state index is 6.47. The summed E-state index contributed by atoms with van der Waals surface area (Å²) in [6.07, 6.45) is 7.54. The minimum atomic E-state index is 0.464. The third kappa shape index (κ3) is 3.05. The summed E-state index contributed by atoms with van der Waals surface area (Å²) in [7, 11) is 0. The van der Waals surface area contributed by atoms with E-state index >= 15 is 0 Å². The maximum Gasteiger partial charge on any atom is 0.203 e. The maximum atomic E-state index is 6.47. The molecule has 2 aliphatic rings. The highest BCUT2D eigenvalue weighted by molar-refractivity contribution is 7.71. The summed E-state index contributed by atoms with van der Waals surface area (Å²) in [5.41, 5.74) is 0.993. The zero-order chi connectivity index (χ0) is 16.5. The molecule has 2 heterocycles. The lowest BCUT2D eigenvalue weighted by molar-refractivity contribution is -0.911. The van der Waals surface area contributed by atoms with Crippen LogP contribution in [0.2, 0.25) is 5.02 Å². The van der Waals surface area contributed by atoms with Crippen LogP contribution in [0.1, 0.15) is 44.6 Å². The molecule has 0 spiro atoms. The van der Waals surface area contributed by atoms with E-state index in [1.54, 1.807) is 4.90 Å². The van der Waals surface area contributed by atoms with Gasteiger partial charge in [0.15, 0.2) is 12.5 Å². The van der Waals surface area contributed by atoms with Gasteiger partial charge in [-0.15, -0.1) is 5.10 Å². The van der Waals surface area contributed by atoms with Gasteiger partial charge in [-0.1, -0.05) is 36.6 Å². The van der Waals surface area contributed by atoms with Crippen molar-refractivity contribution in [1.29, 1.82) is 0 Å². The predicted octanol–water partition coefficient (Wildman–Crippen LogP) is 3.49. The average Bonchev–Trinajstić information content (AvgIpc) is 3.31. The predicted molar refractivity (Wildman–Crippen MR) is 98.9 cm³/mol. The van der Waals surface area contributed by atoms with E-state index in [0.29, 0.717) is 6.04 Å². The van der Waals surface area contributed by atoms with Crippen molar-refractivity contribution in [3.8, 4) is 11.4 Å². The van der Waals surface area contributed by atoms with Gasteiger partial charge in [-0.05, 0) is 37.2 Å². The van der Waals surface area contributed by atoms with Crippen molar-refractivity contribution in [2.24, 2.45) is 0 Å². The number of hydrogen-bond donors (Lipinski definition) is 1. The van der Waals surface area contributed by atoms with Crippen molar-refractivity contribution in [1.82, 2.24) is 14.3 Å². The number of rotatable bonds is 4. The summed E-state index contributed by atoms with van der Waals surface area (Å²) < 4.78 is 5.17. The van der Waals surface area contributed by atoms with Crippen molar-refractivity contribution < 1.29 is 4.90 Å². The molecule has 1 N–H and O–H groups in total. The first-order valence-electron chi connectivity index (χ1n) is 9.02. The second-order valence-electron chi connectivity index (χ2n) is 7.01. The first-order valence-corrected chi connectivity index (χ1v) is 9.80. The van der Waals surface area contributed by atoms with E-state index in [1.807, 2.05) is 22.9 Å². The van der Waals surface area contributed by atoms with Crippen molar-refractivity contribution in [3.05, 3.63) is 34.1 Å². The number of nitrogens with zero attached hydrogens (tertiary/aromatic N) is 3.